The van der Waals surface area contributed by atoms with E-state index in [0.717, 1.165) is 64.2 Å². The van der Waals surface area contributed by atoms with E-state index in [-0.39, 0.29) is 31.5 Å². The monoisotopic (exact) mass is 1120 g/mol. The van der Waals surface area contributed by atoms with Crippen LogP contribution in [0.15, 0.2) is 48.6 Å². The van der Waals surface area contributed by atoms with Gasteiger partial charge in [0.25, 0.3) is 0 Å². The van der Waals surface area contributed by atoms with E-state index in [2.05, 4.69) is 62.5 Å². The molecule has 9 nitrogen and oxygen atoms in total. The molecule has 0 aromatic carbocycles. The summed E-state index contributed by atoms with van der Waals surface area (Å²) >= 11 is 0. The number of hydrogen-bond donors (Lipinski definition) is 2. The minimum Gasteiger partial charge on any atom is -0.456 e. The molecule has 2 N–H and O–H groups in total. The van der Waals surface area contributed by atoms with E-state index in [9.17, 15) is 19.0 Å². The van der Waals surface area contributed by atoms with Gasteiger partial charge in [0.1, 0.15) is 19.3 Å². The molecule has 458 valence electrons. The van der Waals surface area contributed by atoms with E-state index in [1.165, 1.54) is 218 Å². The van der Waals surface area contributed by atoms with Crippen LogP contribution < -0.4 is 5.32 Å². The van der Waals surface area contributed by atoms with Crippen molar-refractivity contribution in [3.05, 3.63) is 48.6 Å². The van der Waals surface area contributed by atoms with Crippen LogP contribution in [0.1, 0.15) is 323 Å². The average molecular weight is 1120 g/mol. The number of phosphoric ester groups is 1. The van der Waals surface area contributed by atoms with Crippen molar-refractivity contribution in [3.63, 3.8) is 0 Å². The molecule has 10 heteroatoms. The van der Waals surface area contributed by atoms with Crippen molar-refractivity contribution in [3.8, 4) is 0 Å². The maximum atomic E-state index is 13.5. The molecule has 0 aromatic rings. The van der Waals surface area contributed by atoms with Crippen LogP contribution >= 0.6 is 7.82 Å². The number of rotatable bonds is 61. The number of amides is 1. The van der Waals surface area contributed by atoms with Gasteiger partial charge in [0.05, 0.1) is 33.8 Å². The molecule has 0 aliphatic rings. The van der Waals surface area contributed by atoms with Gasteiger partial charge >= 0.3 is 13.8 Å². The third kappa shape index (κ3) is 58.6. The normalized spacial score (nSPS) is 13.9. The summed E-state index contributed by atoms with van der Waals surface area (Å²) in [6, 6.07) is -0.860. The Morgan fingerprint density at radius 3 is 1.18 bits per heavy atom. The number of esters is 1. The molecule has 1 amide bonds. The minimum absolute atomic E-state index is 0.0361. The summed E-state index contributed by atoms with van der Waals surface area (Å²) < 4.78 is 30.7. The van der Waals surface area contributed by atoms with Crippen LogP contribution in [0.25, 0.3) is 0 Å². The van der Waals surface area contributed by atoms with E-state index >= 15 is 0 Å². The lowest BCUT2D eigenvalue weighted by atomic mass is 10.0. The molecule has 3 atom stereocenters. The van der Waals surface area contributed by atoms with Crippen LogP contribution in [0, 0.1) is 0 Å². The minimum atomic E-state index is -4.45. The number of carbonyl (C=O) groups excluding carboxylic acids is 2. The van der Waals surface area contributed by atoms with Gasteiger partial charge in [-0.15, -0.1) is 0 Å². The Morgan fingerprint density at radius 1 is 0.449 bits per heavy atom. The fraction of sp³-hybridized carbons (Fsp3) is 0.853. The third-order valence-electron chi connectivity index (χ3n) is 15.0. The summed E-state index contributed by atoms with van der Waals surface area (Å²) in [6.45, 7) is 7.01. The lowest BCUT2D eigenvalue weighted by molar-refractivity contribution is -0.870. The molecule has 0 aliphatic carbocycles. The molecule has 0 aromatic heterocycles. The Morgan fingerprint density at radius 2 is 0.782 bits per heavy atom. The molecule has 0 aliphatic heterocycles. The summed E-state index contributed by atoms with van der Waals surface area (Å²) in [5.41, 5.74) is 0. The number of carbonyl (C=O) groups is 2. The molecule has 78 heavy (non-hydrogen) atoms. The third-order valence-corrected chi connectivity index (χ3v) is 16.0. The van der Waals surface area contributed by atoms with Crippen molar-refractivity contribution in [1.82, 2.24) is 5.32 Å². The average Bonchev–Trinajstić information content (AvgIpc) is 3.41. The largest absolute Gasteiger partial charge is 0.472 e. The summed E-state index contributed by atoms with van der Waals surface area (Å²) in [5, 5.41) is 3.05. The summed E-state index contributed by atoms with van der Waals surface area (Å²) in [7, 11) is 1.49. The van der Waals surface area contributed by atoms with Crippen LogP contribution in [-0.4, -0.2) is 74.3 Å². The van der Waals surface area contributed by atoms with Crippen molar-refractivity contribution in [2.75, 3.05) is 40.9 Å². The van der Waals surface area contributed by atoms with Crippen LogP contribution in [-0.2, 0) is 27.9 Å². The van der Waals surface area contributed by atoms with Crippen molar-refractivity contribution in [2.24, 2.45) is 0 Å². The number of likely N-dealkylation sites (N-methyl/N-ethyl adjacent to an activating group) is 1. The maximum absolute atomic E-state index is 13.5. The van der Waals surface area contributed by atoms with E-state index < -0.39 is 20.0 Å². The SMILES string of the molecule is CCCCCCCC/C=C/CCCCCCCCCCCCCCCCCC(=O)OC(/C=C\CCCCCCCCCCC)C(COP(=O)(O)OCC[N+](C)(C)C)NC(=O)CCCCC/C=C/C=C/CCCCCCCCC. The second-order valence-electron chi connectivity index (χ2n) is 24.0. The smallest absolute Gasteiger partial charge is 0.456 e. The molecule has 3 unspecified atom stereocenters. The van der Waals surface area contributed by atoms with E-state index in [4.69, 9.17) is 13.8 Å². The number of nitrogens with one attached hydrogen (secondary N) is 1. The summed E-state index contributed by atoms with van der Waals surface area (Å²) in [4.78, 5) is 37.7. The molecule has 0 bridgehead atoms. The Hall–Kier alpha value is -2.03. The predicted molar refractivity (Wildman–Crippen MR) is 337 cm³/mol. The molecule has 0 saturated carbocycles. The van der Waals surface area contributed by atoms with E-state index in [1.807, 2.05) is 33.3 Å². The number of hydrogen-bond acceptors (Lipinski definition) is 6. The van der Waals surface area contributed by atoms with Crippen LogP contribution in [0.4, 0.5) is 0 Å². The number of nitrogens with zero attached hydrogens (tertiary/aromatic N) is 1. The standard InChI is InChI=1S/C68H129N2O7P/c1-7-10-13-16-19-22-25-27-29-31-32-33-34-35-36-37-38-39-41-43-46-49-52-55-58-61-68(72)77-66(59-56-53-50-47-44-24-21-18-15-12-9-3)65(64-76-78(73,74)75-63-62-70(4,5)6)69-67(71)60-57-54-51-48-45-42-40-30-28-26-23-20-17-14-11-8-2/h27,29-30,40,42,45,56,59,65-66H,7-26,28,31-39,41,43-44,46-55,57-58,60-64H2,1-6H3,(H-,69,71,73,74)/p+1/b29-27+,40-30+,45-42+,59-56-. The predicted octanol–water partition coefficient (Wildman–Crippen LogP) is 20.8. The van der Waals surface area contributed by atoms with Crippen LogP contribution in [0.5, 0.6) is 0 Å². The second kappa shape index (κ2) is 58.2. The highest BCUT2D eigenvalue weighted by Crippen LogP contribution is 2.43. The van der Waals surface area contributed by atoms with Crippen LogP contribution in [0.3, 0.4) is 0 Å². The summed E-state index contributed by atoms with van der Waals surface area (Å²) in [6.07, 6.45) is 72.7. The zero-order valence-corrected chi connectivity index (χ0v) is 53.3. The van der Waals surface area contributed by atoms with Gasteiger partial charge in [-0.2, -0.15) is 0 Å². The van der Waals surface area contributed by atoms with Gasteiger partial charge < -0.3 is 19.4 Å². The van der Waals surface area contributed by atoms with Gasteiger partial charge in [-0.3, -0.25) is 18.6 Å². The number of phosphoric acid groups is 1. The molecule has 0 saturated heterocycles. The highest BCUT2D eigenvalue weighted by Gasteiger charge is 2.30. The number of ether oxygens (including phenoxy) is 1. The van der Waals surface area contributed by atoms with Gasteiger partial charge in [-0.05, 0) is 83.1 Å². The zero-order chi connectivity index (χ0) is 57.2. The Balaban J connectivity index is 5.07. The molecular formula is C68H130N2O7P+. The second-order valence-corrected chi connectivity index (χ2v) is 25.5. The molecule has 0 fully saturated rings. The van der Waals surface area contributed by atoms with Crippen molar-refractivity contribution in [1.29, 1.82) is 0 Å². The molecule has 0 rings (SSSR count). The lowest BCUT2D eigenvalue weighted by Crippen LogP contribution is -2.47. The Kier molecular flexibility index (Phi) is 56.7. The fourth-order valence-electron chi connectivity index (χ4n) is 9.81. The van der Waals surface area contributed by atoms with Crippen LogP contribution in [0.2, 0.25) is 0 Å². The molecule has 0 spiro atoms. The lowest BCUT2D eigenvalue weighted by Gasteiger charge is -2.27. The topological polar surface area (TPSA) is 111 Å². The maximum Gasteiger partial charge on any atom is 0.472 e. The van der Waals surface area contributed by atoms with Gasteiger partial charge in [0, 0.05) is 12.8 Å². The van der Waals surface area contributed by atoms with Crippen molar-refractivity contribution >= 4 is 19.7 Å². The molecular weight excluding hydrogens is 988 g/mol. The first-order valence-corrected chi connectivity index (χ1v) is 35.0. The molecule has 0 radical (unpaired) electrons. The Bertz CT molecular complexity index is 1470. The highest BCUT2D eigenvalue weighted by atomic mass is 31.2. The first-order chi connectivity index (χ1) is 37.9. The number of quaternary nitrogens is 1. The van der Waals surface area contributed by atoms with Gasteiger partial charge in [0.15, 0.2) is 0 Å². The van der Waals surface area contributed by atoms with Crippen molar-refractivity contribution in [2.45, 2.75) is 335 Å². The van der Waals surface area contributed by atoms with Crippen molar-refractivity contribution < 1.29 is 37.3 Å². The fourth-order valence-corrected chi connectivity index (χ4v) is 10.5. The van der Waals surface area contributed by atoms with Gasteiger partial charge in [0.2, 0.25) is 5.91 Å². The first kappa shape index (κ1) is 76.0. The van der Waals surface area contributed by atoms with Gasteiger partial charge in [-0.1, -0.05) is 275 Å². The number of unbranched alkanes of at least 4 members (excludes halogenated alkanes) is 40. The Labute approximate surface area is 484 Å². The van der Waals surface area contributed by atoms with E-state index in [1.54, 1.807) is 0 Å². The highest BCUT2D eigenvalue weighted by molar-refractivity contribution is 7.47. The number of allylic oxidation sites excluding steroid dienone is 7. The first-order valence-electron chi connectivity index (χ1n) is 33.5. The quantitative estimate of drug-likeness (QED) is 0.0156. The van der Waals surface area contributed by atoms with Gasteiger partial charge in [-0.25, -0.2) is 4.57 Å². The molecule has 0 heterocycles. The zero-order valence-electron chi connectivity index (χ0n) is 52.4. The van der Waals surface area contributed by atoms with E-state index in [0.29, 0.717) is 23.9 Å². The summed E-state index contributed by atoms with van der Waals surface area (Å²) in [5.74, 6) is -0.525.